The van der Waals surface area contributed by atoms with Crippen LogP contribution in [0.25, 0.3) is 0 Å². The van der Waals surface area contributed by atoms with Crippen LogP contribution in [0.4, 0.5) is 0 Å². The Morgan fingerprint density at radius 1 is 1.00 bits per heavy atom. The fraction of sp³-hybridized carbons (Fsp3) is 0.733. The molecule has 0 aliphatic heterocycles. The van der Waals surface area contributed by atoms with Gasteiger partial charge in [-0.3, -0.25) is 0 Å². The largest absolute Gasteiger partial charge is 0.499 e. The summed E-state index contributed by atoms with van der Waals surface area (Å²) in [5, 5.41) is 17.6. The van der Waals surface area contributed by atoms with E-state index < -0.39 is 6.10 Å². The average Bonchev–Trinajstić information content (AvgIpc) is 2.39. The van der Waals surface area contributed by atoms with E-state index in [0.717, 1.165) is 12.8 Å². The molecule has 0 saturated heterocycles. The quantitative estimate of drug-likeness (QED) is 0.302. The van der Waals surface area contributed by atoms with E-state index in [0.29, 0.717) is 0 Å². The predicted octanol–water partition coefficient (Wildman–Crippen LogP) is 3.18. The second kappa shape index (κ2) is 14.3. The number of hydrogen-bond acceptors (Lipinski definition) is 3. The molecule has 3 heteroatoms. The third-order valence-corrected chi connectivity index (χ3v) is 2.72. The minimum absolute atomic E-state index is 0.163. The molecule has 0 rings (SSSR count). The van der Waals surface area contributed by atoms with Gasteiger partial charge in [-0.2, -0.15) is 0 Å². The van der Waals surface area contributed by atoms with Gasteiger partial charge >= 0.3 is 0 Å². The fourth-order valence-electron chi connectivity index (χ4n) is 1.61. The molecule has 1 atom stereocenters. The number of aliphatic hydroxyl groups excluding tert-OH is 2. The highest BCUT2D eigenvalue weighted by atomic mass is 16.5. The first-order valence-corrected chi connectivity index (χ1v) is 6.97. The summed E-state index contributed by atoms with van der Waals surface area (Å²) in [6.07, 6.45) is 14.6. The minimum atomic E-state index is -0.773. The van der Waals surface area contributed by atoms with Crippen molar-refractivity contribution in [3.05, 3.63) is 25.0 Å². The van der Waals surface area contributed by atoms with Crippen molar-refractivity contribution < 1.29 is 14.9 Å². The maximum absolute atomic E-state index is 9.00. The highest BCUT2D eigenvalue weighted by molar-refractivity contribution is 4.73. The van der Waals surface area contributed by atoms with Crippen LogP contribution in [0, 0.1) is 0 Å². The van der Waals surface area contributed by atoms with Gasteiger partial charge in [0.2, 0.25) is 0 Å². The van der Waals surface area contributed by atoms with Crippen LogP contribution in [-0.2, 0) is 4.74 Å². The number of ether oxygens (including phenoxy) is 1. The summed E-state index contributed by atoms with van der Waals surface area (Å²) in [7, 11) is 0. The summed E-state index contributed by atoms with van der Waals surface area (Å²) in [5.41, 5.74) is 0. The monoisotopic (exact) mass is 256 g/mol. The Hall–Kier alpha value is -0.800. The van der Waals surface area contributed by atoms with Crippen molar-refractivity contribution in [2.24, 2.45) is 0 Å². The van der Waals surface area contributed by atoms with Gasteiger partial charge in [0.25, 0.3) is 0 Å². The maximum Gasteiger partial charge on any atom is 0.115 e. The third kappa shape index (κ3) is 13.3. The van der Waals surface area contributed by atoms with Gasteiger partial charge in [-0.15, -0.1) is 6.58 Å². The molecule has 0 fully saturated rings. The second-order valence-corrected chi connectivity index (χ2v) is 4.53. The number of unbranched alkanes of at least 4 members (excludes halogenated alkanes) is 7. The van der Waals surface area contributed by atoms with Crippen LogP contribution < -0.4 is 0 Å². The molecule has 18 heavy (non-hydrogen) atoms. The number of allylic oxidation sites excluding steroid dienone is 2. The zero-order valence-electron chi connectivity index (χ0n) is 11.4. The van der Waals surface area contributed by atoms with Crippen molar-refractivity contribution in [2.75, 3.05) is 13.2 Å². The summed E-state index contributed by atoms with van der Waals surface area (Å²) in [6, 6.07) is 0. The standard InChI is InChI=1S/C15H28O3/c1-2-3-4-5-6-7-8-9-10-11-12-18-14-15(17)13-16/h2,11-12,15-17H,1,3-10,13-14H2/b12-11+. The molecule has 0 spiro atoms. The van der Waals surface area contributed by atoms with E-state index in [1.54, 1.807) is 6.26 Å². The third-order valence-electron chi connectivity index (χ3n) is 2.72. The van der Waals surface area contributed by atoms with Crippen LogP contribution >= 0.6 is 0 Å². The Labute approximate surface area is 111 Å². The van der Waals surface area contributed by atoms with E-state index in [-0.39, 0.29) is 13.2 Å². The molecule has 0 aromatic carbocycles. The van der Waals surface area contributed by atoms with Crippen LogP contribution in [0.1, 0.15) is 51.4 Å². The Kier molecular flexibility index (Phi) is 13.6. The highest BCUT2D eigenvalue weighted by Gasteiger charge is 1.98. The van der Waals surface area contributed by atoms with Gasteiger partial charge in [0.15, 0.2) is 0 Å². The van der Waals surface area contributed by atoms with Crippen LogP contribution in [-0.4, -0.2) is 29.5 Å². The Morgan fingerprint density at radius 3 is 2.22 bits per heavy atom. The van der Waals surface area contributed by atoms with Gasteiger partial charge in [-0.1, -0.05) is 31.8 Å². The van der Waals surface area contributed by atoms with E-state index >= 15 is 0 Å². The summed E-state index contributed by atoms with van der Waals surface area (Å²) in [6.45, 7) is 3.62. The van der Waals surface area contributed by atoms with Crippen molar-refractivity contribution in [3.8, 4) is 0 Å². The molecule has 0 aliphatic rings. The molecular weight excluding hydrogens is 228 g/mol. The van der Waals surface area contributed by atoms with E-state index in [9.17, 15) is 0 Å². The first-order valence-electron chi connectivity index (χ1n) is 6.97. The van der Waals surface area contributed by atoms with Crippen molar-refractivity contribution in [1.29, 1.82) is 0 Å². The van der Waals surface area contributed by atoms with Crippen LogP contribution in [0.5, 0.6) is 0 Å². The predicted molar refractivity (Wildman–Crippen MR) is 75.3 cm³/mol. The van der Waals surface area contributed by atoms with Gasteiger partial charge in [0.1, 0.15) is 12.7 Å². The number of rotatable bonds is 13. The molecule has 0 aromatic heterocycles. The lowest BCUT2D eigenvalue weighted by Crippen LogP contribution is -2.17. The molecule has 3 nitrogen and oxygen atoms in total. The zero-order valence-corrected chi connectivity index (χ0v) is 11.4. The molecule has 0 bridgehead atoms. The summed E-state index contributed by atoms with van der Waals surface area (Å²) in [5.74, 6) is 0. The molecule has 1 unspecified atom stereocenters. The van der Waals surface area contributed by atoms with Crippen LogP contribution in [0.3, 0.4) is 0 Å². The van der Waals surface area contributed by atoms with Crippen LogP contribution in [0.2, 0.25) is 0 Å². The summed E-state index contributed by atoms with van der Waals surface area (Å²) < 4.78 is 5.06. The Bertz CT molecular complexity index is 202. The number of hydrogen-bond donors (Lipinski definition) is 2. The topological polar surface area (TPSA) is 49.7 Å². The molecule has 0 aromatic rings. The lowest BCUT2D eigenvalue weighted by Gasteiger charge is -2.05. The highest BCUT2D eigenvalue weighted by Crippen LogP contribution is 2.08. The van der Waals surface area contributed by atoms with Crippen molar-refractivity contribution >= 4 is 0 Å². The van der Waals surface area contributed by atoms with Gasteiger partial charge in [-0.05, 0) is 31.8 Å². The Morgan fingerprint density at radius 2 is 1.61 bits per heavy atom. The van der Waals surface area contributed by atoms with Gasteiger partial charge < -0.3 is 14.9 Å². The Balaban J connectivity index is 3.10. The zero-order chi connectivity index (χ0) is 13.5. The molecule has 0 radical (unpaired) electrons. The van der Waals surface area contributed by atoms with Crippen molar-refractivity contribution in [3.63, 3.8) is 0 Å². The normalized spacial score (nSPS) is 12.8. The molecule has 106 valence electrons. The lowest BCUT2D eigenvalue weighted by molar-refractivity contribution is 0.0383. The molecule has 2 N–H and O–H groups in total. The summed E-state index contributed by atoms with van der Waals surface area (Å²) in [4.78, 5) is 0. The molecular formula is C15H28O3. The van der Waals surface area contributed by atoms with Gasteiger partial charge in [0, 0.05) is 0 Å². The fourth-order valence-corrected chi connectivity index (χ4v) is 1.61. The van der Waals surface area contributed by atoms with Crippen molar-refractivity contribution in [1.82, 2.24) is 0 Å². The first-order chi connectivity index (χ1) is 8.81. The molecule has 0 aliphatic carbocycles. The van der Waals surface area contributed by atoms with E-state index in [2.05, 4.69) is 6.58 Å². The minimum Gasteiger partial charge on any atom is -0.499 e. The molecule has 0 amide bonds. The average molecular weight is 256 g/mol. The van der Waals surface area contributed by atoms with E-state index in [4.69, 9.17) is 14.9 Å². The second-order valence-electron chi connectivity index (χ2n) is 4.53. The smallest absolute Gasteiger partial charge is 0.115 e. The van der Waals surface area contributed by atoms with Gasteiger partial charge in [-0.25, -0.2) is 0 Å². The van der Waals surface area contributed by atoms with Crippen molar-refractivity contribution in [2.45, 2.75) is 57.5 Å². The van der Waals surface area contributed by atoms with E-state index in [1.165, 1.54) is 38.5 Å². The summed E-state index contributed by atoms with van der Waals surface area (Å²) >= 11 is 0. The number of aliphatic hydroxyl groups is 2. The first kappa shape index (κ1) is 17.2. The van der Waals surface area contributed by atoms with E-state index in [1.807, 2.05) is 12.2 Å². The molecule has 0 saturated carbocycles. The SMILES string of the molecule is C=CCCCCCCCC/C=C/OCC(O)CO. The van der Waals surface area contributed by atoms with Crippen LogP contribution in [0.15, 0.2) is 25.0 Å². The maximum atomic E-state index is 9.00. The van der Waals surface area contributed by atoms with Gasteiger partial charge in [0.05, 0.1) is 12.9 Å². The lowest BCUT2D eigenvalue weighted by atomic mass is 10.1. The molecule has 0 heterocycles.